The molecule has 1 saturated carbocycles. The van der Waals surface area contributed by atoms with Crippen molar-refractivity contribution >= 4 is 27.8 Å². The largest absolute Gasteiger partial charge is 0.300 e. The predicted octanol–water partition coefficient (Wildman–Crippen LogP) is 4.13. The molecule has 0 amide bonds. The lowest BCUT2D eigenvalue weighted by atomic mass is 9.69. The van der Waals surface area contributed by atoms with Crippen molar-refractivity contribution in [2.45, 2.75) is 38.0 Å². The molecule has 1 nitrogen and oxygen atoms in total. The summed E-state index contributed by atoms with van der Waals surface area (Å²) < 4.78 is 1.27. The molecule has 0 radical (unpaired) electrons. The van der Waals surface area contributed by atoms with Crippen molar-refractivity contribution in [2.75, 3.05) is 0 Å². The Kier molecular flexibility index (Phi) is 2.51. The standard InChI is InChI=1S/C15H15BrO/c1-10-3-2-4-11-9-13(16)15(14(10)11)7-5-12(17)6-8-15/h2-4,9H,5-8H2,1H3. The second-order valence-electron chi connectivity index (χ2n) is 5.15. The van der Waals surface area contributed by atoms with Crippen LogP contribution in [-0.4, -0.2) is 5.78 Å². The summed E-state index contributed by atoms with van der Waals surface area (Å²) in [6.45, 7) is 2.18. The van der Waals surface area contributed by atoms with Crippen LogP contribution in [0.2, 0.25) is 0 Å². The molecule has 88 valence electrons. The highest BCUT2D eigenvalue weighted by Crippen LogP contribution is 2.53. The molecule has 0 aromatic heterocycles. The Balaban J connectivity index is 2.14. The van der Waals surface area contributed by atoms with E-state index in [9.17, 15) is 4.79 Å². The minimum absolute atomic E-state index is 0.0919. The molecule has 1 aromatic carbocycles. The van der Waals surface area contributed by atoms with Gasteiger partial charge in [-0.05, 0) is 42.5 Å². The van der Waals surface area contributed by atoms with Gasteiger partial charge >= 0.3 is 0 Å². The van der Waals surface area contributed by atoms with Crippen LogP contribution in [0, 0.1) is 6.92 Å². The molecular weight excluding hydrogens is 276 g/mol. The van der Waals surface area contributed by atoms with Crippen LogP contribution in [-0.2, 0) is 10.2 Å². The lowest BCUT2D eigenvalue weighted by Crippen LogP contribution is -2.31. The fourth-order valence-electron chi connectivity index (χ4n) is 3.30. The van der Waals surface area contributed by atoms with Gasteiger partial charge in [-0.1, -0.05) is 34.1 Å². The Hall–Kier alpha value is -0.890. The van der Waals surface area contributed by atoms with E-state index < -0.39 is 0 Å². The van der Waals surface area contributed by atoms with Crippen molar-refractivity contribution in [3.8, 4) is 0 Å². The number of carbonyl (C=O) groups is 1. The van der Waals surface area contributed by atoms with Gasteiger partial charge in [-0.2, -0.15) is 0 Å². The first-order chi connectivity index (χ1) is 8.13. The number of allylic oxidation sites excluding steroid dienone is 1. The van der Waals surface area contributed by atoms with Crippen molar-refractivity contribution in [3.05, 3.63) is 39.4 Å². The predicted molar refractivity (Wildman–Crippen MR) is 73.2 cm³/mol. The molecule has 1 fully saturated rings. The Morgan fingerprint density at radius 3 is 2.65 bits per heavy atom. The van der Waals surface area contributed by atoms with Crippen molar-refractivity contribution in [2.24, 2.45) is 0 Å². The van der Waals surface area contributed by atoms with Crippen molar-refractivity contribution in [3.63, 3.8) is 0 Å². The second-order valence-corrected chi connectivity index (χ2v) is 6.01. The molecule has 3 rings (SSSR count). The summed E-state index contributed by atoms with van der Waals surface area (Å²) in [6, 6.07) is 6.46. The summed E-state index contributed by atoms with van der Waals surface area (Å²) >= 11 is 3.74. The average Bonchev–Trinajstić information content (AvgIpc) is 2.58. The van der Waals surface area contributed by atoms with E-state index in [0.29, 0.717) is 5.78 Å². The van der Waals surface area contributed by atoms with Crippen LogP contribution in [0.1, 0.15) is 42.4 Å². The van der Waals surface area contributed by atoms with E-state index in [1.807, 2.05) is 0 Å². The molecule has 1 aromatic rings. The summed E-state index contributed by atoms with van der Waals surface area (Å²) in [5.41, 5.74) is 4.21. The molecule has 0 heterocycles. The Bertz CT molecular complexity index is 518. The van der Waals surface area contributed by atoms with Crippen molar-refractivity contribution in [1.29, 1.82) is 0 Å². The second kappa shape index (κ2) is 3.81. The average molecular weight is 291 g/mol. The number of rotatable bonds is 0. The number of halogens is 1. The molecule has 0 saturated heterocycles. The number of Topliss-reactive ketones (excluding diaryl/α,β-unsaturated/α-hetero) is 1. The molecule has 0 atom stereocenters. The Labute approximate surface area is 110 Å². The van der Waals surface area contributed by atoms with Crippen LogP contribution in [0.25, 0.3) is 6.08 Å². The molecule has 2 aliphatic rings. The zero-order valence-electron chi connectivity index (χ0n) is 9.92. The number of ketones is 1. The number of benzene rings is 1. The smallest absolute Gasteiger partial charge is 0.133 e. The van der Waals surface area contributed by atoms with Gasteiger partial charge in [-0.3, -0.25) is 4.79 Å². The van der Waals surface area contributed by atoms with E-state index in [1.165, 1.54) is 21.2 Å². The molecule has 2 heteroatoms. The topological polar surface area (TPSA) is 17.1 Å². The van der Waals surface area contributed by atoms with Gasteiger partial charge in [0.25, 0.3) is 0 Å². The normalized spacial score (nSPS) is 21.5. The molecule has 0 unspecified atom stereocenters. The van der Waals surface area contributed by atoms with Crippen LogP contribution in [0.15, 0.2) is 22.7 Å². The summed E-state index contributed by atoms with van der Waals surface area (Å²) in [5, 5.41) is 0. The summed E-state index contributed by atoms with van der Waals surface area (Å²) in [7, 11) is 0. The third kappa shape index (κ3) is 1.54. The lowest BCUT2D eigenvalue weighted by molar-refractivity contribution is -0.121. The highest BCUT2D eigenvalue weighted by atomic mass is 79.9. The minimum Gasteiger partial charge on any atom is -0.300 e. The molecule has 17 heavy (non-hydrogen) atoms. The number of hydrogen-bond acceptors (Lipinski definition) is 1. The lowest BCUT2D eigenvalue weighted by Gasteiger charge is -2.36. The van der Waals surface area contributed by atoms with E-state index in [2.05, 4.69) is 47.1 Å². The molecule has 0 aliphatic heterocycles. The number of fused-ring (bicyclic) bond motifs is 2. The van der Waals surface area contributed by atoms with Crippen LogP contribution in [0.4, 0.5) is 0 Å². The molecule has 1 spiro atoms. The van der Waals surface area contributed by atoms with E-state index >= 15 is 0 Å². The quantitative estimate of drug-likeness (QED) is 0.702. The highest BCUT2D eigenvalue weighted by Gasteiger charge is 2.43. The van der Waals surface area contributed by atoms with E-state index in [-0.39, 0.29) is 5.41 Å². The van der Waals surface area contributed by atoms with Gasteiger partial charge in [0.05, 0.1) is 0 Å². The number of aryl methyl sites for hydroxylation is 1. The third-order valence-corrected chi connectivity index (χ3v) is 5.17. The third-order valence-electron chi connectivity index (χ3n) is 4.18. The molecule has 2 aliphatic carbocycles. The zero-order valence-corrected chi connectivity index (χ0v) is 11.5. The first-order valence-electron chi connectivity index (χ1n) is 6.13. The van der Waals surface area contributed by atoms with Crippen LogP contribution in [0.3, 0.4) is 0 Å². The van der Waals surface area contributed by atoms with Gasteiger partial charge in [-0.15, -0.1) is 0 Å². The fourth-order valence-corrected chi connectivity index (χ4v) is 4.14. The van der Waals surface area contributed by atoms with Gasteiger partial charge in [0.1, 0.15) is 5.78 Å². The van der Waals surface area contributed by atoms with Crippen molar-refractivity contribution < 1.29 is 4.79 Å². The maximum absolute atomic E-state index is 11.5. The maximum Gasteiger partial charge on any atom is 0.133 e. The monoisotopic (exact) mass is 290 g/mol. The van der Waals surface area contributed by atoms with Gasteiger partial charge in [0, 0.05) is 22.7 Å². The first kappa shape index (κ1) is 11.2. The van der Waals surface area contributed by atoms with Gasteiger partial charge < -0.3 is 0 Å². The summed E-state index contributed by atoms with van der Waals surface area (Å²) in [5.74, 6) is 0.415. The van der Waals surface area contributed by atoms with Crippen LogP contribution < -0.4 is 0 Å². The number of carbonyl (C=O) groups excluding carboxylic acids is 1. The Morgan fingerprint density at radius 2 is 1.94 bits per heavy atom. The summed E-state index contributed by atoms with van der Waals surface area (Å²) in [4.78, 5) is 11.5. The van der Waals surface area contributed by atoms with Crippen LogP contribution >= 0.6 is 15.9 Å². The minimum atomic E-state index is 0.0919. The Morgan fingerprint density at radius 1 is 1.24 bits per heavy atom. The number of hydrogen-bond donors (Lipinski definition) is 0. The van der Waals surface area contributed by atoms with Gasteiger partial charge in [0.15, 0.2) is 0 Å². The molecule has 0 N–H and O–H groups in total. The van der Waals surface area contributed by atoms with Crippen molar-refractivity contribution in [1.82, 2.24) is 0 Å². The zero-order chi connectivity index (χ0) is 12.0. The fraction of sp³-hybridized carbons (Fsp3) is 0.400. The first-order valence-corrected chi connectivity index (χ1v) is 6.92. The van der Waals surface area contributed by atoms with E-state index in [4.69, 9.17) is 0 Å². The van der Waals surface area contributed by atoms with E-state index in [0.717, 1.165) is 25.7 Å². The van der Waals surface area contributed by atoms with Gasteiger partial charge in [-0.25, -0.2) is 0 Å². The molecular formula is C15H15BrO. The van der Waals surface area contributed by atoms with E-state index in [1.54, 1.807) is 0 Å². The summed E-state index contributed by atoms with van der Waals surface area (Å²) in [6.07, 6.45) is 5.59. The highest BCUT2D eigenvalue weighted by molar-refractivity contribution is 9.11. The maximum atomic E-state index is 11.5. The SMILES string of the molecule is Cc1cccc2c1C1(CCC(=O)CC1)C(Br)=C2. The van der Waals surface area contributed by atoms with Crippen LogP contribution in [0.5, 0.6) is 0 Å². The van der Waals surface area contributed by atoms with Gasteiger partial charge in [0.2, 0.25) is 0 Å². The molecule has 0 bridgehead atoms.